The van der Waals surface area contributed by atoms with E-state index in [2.05, 4.69) is 5.32 Å². The zero-order valence-corrected chi connectivity index (χ0v) is 14.5. The molecule has 148 valence electrons. The number of hydrogen-bond acceptors (Lipinski definition) is 3. The number of hydrogen-bond donors (Lipinski definition) is 2. The maximum absolute atomic E-state index is 13.2. The molecule has 1 atom stereocenters. The van der Waals surface area contributed by atoms with Crippen molar-refractivity contribution < 1.29 is 31.9 Å². The number of amides is 4. The standard InChI is InChI=1S/C17H19F4N3O3/c1-2-3-8-16(11-4-6-12(18)7-5-11)14(26)24(15(27)23-16)9-13(25)22-10-17(19,20)21/h4-7H,2-3,8-10H2,1H3,(H,22,25)(H,23,27)/t16-/m0/s1. The molecule has 2 N–H and O–H groups in total. The van der Waals surface area contributed by atoms with Crippen molar-refractivity contribution in [3.8, 4) is 0 Å². The van der Waals surface area contributed by atoms with Gasteiger partial charge in [0, 0.05) is 0 Å². The van der Waals surface area contributed by atoms with Crippen molar-refractivity contribution in [1.29, 1.82) is 0 Å². The van der Waals surface area contributed by atoms with Crippen LogP contribution in [0.15, 0.2) is 24.3 Å². The molecule has 1 aliphatic rings. The lowest BCUT2D eigenvalue weighted by molar-refractivity contribution is -0.141. The fourth-order valence-corrected chi connectivity index (χ4v) is 2.85. The lowest BCUT2D eigenvalue weighted by atomic mass is 9.85. The minimum atomic E-state index is -4.61. The zero-order valence-electron chi connectivity index (χ0n) is 14.5. The summed E-state index contributed by atoms with van der Waals surface area (Å²) < 4.78 is 49.8. The maximum atomic E-state index is 13.2. The largest absolute Gasteiger partial charge is 0.405 e. The predicted molar refractivity (Wildman–Crippen MR) is 86.9 cm³/mol. The van der Waals surface area contributed by atoms with Crippen molar-refractivity contribution in [3.05, 3.63) is 35.6 Å². The van der Waals surface area contributed by atoms with Gasteiger partial charge in [0.25, 0.3) is 5.91 Å². The molecular weight excluding hydrogens is 370 g/mol. The molecule has 6 nitrogen and oxygen atoms in total. The smallest absolute Gasteiger partial charge is 0.345 e. The average Bonchev–Trinajstić information content (AvgIpc) is 2.83. The van der Waals surface area contributed by atoms with E-state index in [4.69, 9.17) is 0 Å². The van der Waals surface area contributed by atoms with E-state index in [1.165, 1.54) is 12.1 Å². The minimum absolute atomic E-state index is 0.209. The zero-order chi connectivity index (χ0) is 20.2. The van der Waals surface area contributed by atoms with Gasteiger partial charge in [0.15, 0.2) is 0 Å². The van der Waals surface area contributed by atoms with E-state index in [-0.39, 0.29) is 6.42 Å². The summed E-state index contributed by atoms with van der Waals surface area (Å²) in [5.74, 6) is -2.39. The first kappa shape index (κ1) is 20.7. The molecule has 1 aliphatic heterocycles. The van der Waals surface area contributed by atoms with Crippen LogP contribution in [0.3, 0.4) is 0 Å². The number of urea groups is 1. The quantitative estimate of drug-likeness (QED) is 0.555. The van der Waals surface area contributed by atoms with Crippen LogP contribution in [0.4, 0.5) is 22.4 Å². The van der Waals surface area contributed by atoms with Gasteiger partial charge in [-0.2, -0.15) is 13.2 Å². The van der Waals surface area contributed by atoms with Crippen molar-refractivity contribution in [2.45, 2.75) is 37.9 Å². The summed E-state index contributed by atoms with van der Waals surface area (Å²) in [4.78, 5) is 37.5. The number of carbonyl (C=O) groups excluding carboxylic acids is 3. The molecule has 0 aliphatic carbocycles. The molecule has 1 fully saturated rings. The number of rotatable bonds is 7. The normalized spacial score (nSPS) is 20.0. The molecule has 0 spiro atoms. The molecule has 4 amide bonds. The van der Waals surface area contributed by atoms with Crippen LogP contribution in [0.5, 0.6) is 0 Å². The van der Waals surface area contributed by atoms with E-state index < -0.39 is 48.5 Å². The third-order valence-corrected chi connectivity index (χ3v) is 4.21. The Balaban J connectivity index is 2.23. The number of benzene rings is 1. The molecular formula is C17H19F4N3O3. The van der Waals surface area contributed by atoms with Crippen LogP contribution < -0.4 is 10.6 Å². The van der Waals surface area contributed by atoms with Crippen molar-refractivity contribution in [3.63, 3.8) is 0 Å². The summed E-state index contributed by atoms with van der Waals surface area (Å²) in [7, 11) is 0. The number of carbonyl (C=O) groups is 3. The van der Waals surface area contributed by atoms with Crippen molar-refractivity contribution >= 4 is 17.8 Å². The van der Waals surface area contributed by atoms with Crippen LogP contribution in [0.1, 0.15) is 31.7 Å². The van der Waals surface area contributed by atoms with Crippen LogP contribution in [0.25, 0.3) is 0 Å². The fourth-order valence-electron chi connectivity index (χ4n) is 2.85. The molecule has 0 radical (unpaired) electrons. The molecule has 1 aromatic rings. The highest BCUT2D eigenvalue weighted by atomic mass is 19.4. The third-order valence-electron chi connectivity index (χ3n) is 4.21. The first-order chi connectivity index (χ1) is 12.6. The lowest BCUT2D eigenvalue weighted by Gasteiger charge is -2.27. The molecule has 1 aromatic carbocycles. The van der Waals surface area contributed by atoms with E-state index in [1.54, 1.807) is 5.32 Å². The second kappa shape index (κ2) is 7.93. The maximum Gasteiger partial charge on any atom is 0.405 e. The highest BCUT2D eigenvalue weighted by molar-refractivity contribution is 6.09. The SMILES string of the molecule is CCCC[C@@]1(c2ccc(F)cc2)NC(=O)N(CC(=O)NCC(F)(F)F)C1=O. The summed E-state index contributed by atoms with van der Waals surface area (Å²) in [6.45, 7) is -0.522. The van der Waals surface area contributed by atoms with Crippen molar-refractivity contribution in [1.82, 2.24) is 15.5 Å². The van der Waals surface area contributed by atoms with Gasteiger partial charge in [-0.05, 0) is 24.1 Å². The highest BCUT2D eigenvalue weighted by Gasteiger charge is 2.52. The Kier molecular flexibility index (Phi) is 6.07. The van der Waals surface area contributed by atoms with Crippen LogP contribution >= 0.6 is 0 Å². The molecule has 0 saturated carbocycles. The Morgan fingerprint density at radius 3 is 2.41 bits per heavy atom. The minimum Gasteiger partial charge on any atom is -0.345 e. The van der Waals surface area contributed by atoms with E-state index in [0.29, 0.717) is 23.3 Å². The topological polar surface area (TPSA) is 78.5 Å². The molecule has 1 saturated heterocycles. The van der Waals surface area contributed by atoms with Gasteiger partial charge in [-0.25, -0.2) is 9.18 Å². The van der Waals surface area contributed by atoms with Gasteiger partial charge >= 0.3 is 12.2 Å². The Morgan fingerprint density at radius 2 is 1.85 bits per heavy atom. The molecule has 27 heavy (non-hydrogen) atoms. The number of imide groups is 1. The van der Waals surface area contributed by atoms with Crippen LogP contribution in [0, 0.1) is 5.82 Å². The number of nitrogens with one attached hydrogen (secondary N) is 2. The number of alkyl halides is 3. The summed E-state index contributed by atoms with van der Waals surface area (Å²) in [5.41, 5.74) is -1.14. The van der Waals surface area contributed by atoms with Crippen molar-refractivity contribution in [2.75, 3.05) is 13.1 Å². The van der Waals surface area contributed by atoms with Gasteiger partial charge in [-0.3, -0.25) is 14.5 Å². The van der Waals surface area contributed by atoms with E-state index >= 15 is 0 Å². The molecule has 0 unspecified atom stereocenters. The Bertz CT molecular complexity index is 721. The van der Waals surface area contributed by atoms with Gasteiger partial charge in [0.2, 0.25) is 5.91 Å². The first-order valence-corrected chi connectivity index (χ1v) is 8.32. The summed E-state index contributed by atoms with van der Waals surface area (Å²) in [5, 5.41) is 4.15. The Labute approximate surface area is 152 Å². The van der Waals surface area contributed by atoms with Crippen LogP contribution in [0.2, 0.25) is 0 Å². The summed E-state index contributed by atoms with van der Waals surface area (Å²) in [6, 6.07) is 4.11. The fraction of sp³-hybridized carbons (Fsp3) is 0.471. The summed E-state index contributed by atoms with van der Waals surface area (Å²) in [6.07, 6.45) is -3.14. The van der Waals surface area contributed by atoms with Gasteiger partial charge in [-0.1, -0.05) is 31.9 Å². The number of unbranched alkanes of at least 4 members (excludes halogenated alkanes) is 1. The van der Waals surface area contributed by atoms with E-state index in [1.807, 2.05) is 6.92 Å². The third kappa shape index (κ3) is 4.75. The van der Waals surface area contributed by atoms with Gasteiger partial charge in [0.1, 0.15) is 24.4 Å². The molecule has 10 heteroatoms. The second-order valence-corrected chi connectivity index (χ2v) is 6.23. The monoisotopic (exact) mass is 389 g/mol. The first-order valence-electron chi connectivity index (χ1n) is 8.32. The van der Waals surface area contributed by atoms with Gasteiger partial charge < -0.3 is 10.6 Å². The van der Waals surface area contributed by atoms with Crippen LogP contribution in [-0.4, -0.2) is 42.0 Å². The predicted octanol–water partition coefficient (Wildman–Crippen LogP) is 2.44. The Morgan fingerprint density at radius 1 is 1.22 bits per heavy atom. The number of halogens is 4. The molecule has 0 aromatic heterocycles. The number of nitrogens with zero attached hydrogens (tertiary/aromatic N) is 1. The van der Waals surface area contributed by atoms with E-state index in [0.717, 1.165) is 12.1 Å². The Hall–Kier alpha value is -2.65. The molecule has 1 heterocycles. The average molecular weight is 389 g/mol. The molecule has 0 bridgehead atoms. The van der Waals surface area contributed by atoms with Gasteiger partial charge in [0.05, 0.1) is 0 Å². The van der Waals surface area contributed by atoms with Gasteiger partial charge in [-0.15, -0.1) is 0 Å². The highest BCUT2D eigenvalue weighted by Crippen LogP contribution is 2.34. The van der Waals surface area contributed by atoms with E-state index in [9.17, 15) is 31.9 Å². The molecule has 2 rings (SSSR count). The van der Waals surface area contributed by atoms with Crippen molar-refractivity contribution in [2.24, 2.45) is 0 Å². The summed E-state index contributed by atoms with van der Waals surface area (Å²) >= 11 is 0. The second-order valence-electron chi connectivity index (χ2n) is 6.23. The lowest BCUT2D eigenvalue weighted by Crippen LogP contribution is -2.46. The van der Waals surface area contributed by atoms with Crippen LogP contribution in [-0.2, 0) is 15.1 Å².